The minimum absolute atomic E-state index is 0.0325. The number of nitrogens with zero attached hydrogens (tertiary/aromatic N) is 4. The third-order valence-corrected chi connectivity index (χ3v) is 6.10. The number of nitrogens with one attached hydrogen (secondary N) is 1. The van der Waals surface area contributed by atoms with Crippen LogP contribution in [0.4, 0.5) is 5.69 Å². The number of fused-ring (bicyclic) bond motifs is 1. The van der Waals surface area contributed by atoms with Gasteiger partial charge in [0.25, 0.3) is 5.56 Å². The Morgan fingerprint density at radius 3 is 2.54 bits per heavy atom. The summed E-state index contributed by atoms with van der Waals surface area (Å²) < 4.78 is 7.82. The van der Waals surface area contributed by atoms with Gasteiger partial charge in [-0.1, -0.05) is 52.4 Å². The average molecular weight is 500 g/mol. The molecule has 0 unspecified atom stereocenters. The molecule has 1 aromatic carbocycles. The number of thioether (sulfide) groups is 1. The van der Waals surface area contributed by atoms with Gasteiger partial charge in [-0.2, -0.15) is 0 Å². The van der Waals surface area contributed by atoms with E-state index in [4.69, 9.17) is 4.74 Å². The van der Waals surface area contributed by atoms with Crippen LogP contribution in [0.3, 0.4) is 0 Å². The third kappa shape index (κ3) is 6.50. The first-order valence-corrected chi connectivity index (χ1v) is 12.5. The Labute approximate surface area is 208 Å². The van der Waals surface area contributed by atoms with E-state index in [1.54, 1.807) is 31.4 Å². The van der Waals surface area contributed by atoms with Crippen molar-refractivity contribution in [1.82, 2.24) is 19.1 Å². The molecule has 188 valence electrons. The molecule has 0 spiro atoms. The summed E-state index contributed by atoms with van der Waals surface area (Å²) in [6.07, 6.45) is 0.553. The molecule has 0 saturated heterocycles. The first kappa shape index (κ1) is 26.5. The second kappa shape index (κ2) is 10.6. The van der Waals surface area contributed by atoms with Crippen molar-refractivity contribution in [2.24, 2.45) is 18.4 Å². The fourth-order valence-corrected chi connectivity index (χ4v) is 4.43. The summed E-state index contributed by atoms with van der Waals surface area (Å²) in [6.45, 7) is 10.6. The highest BCUT2D eigenvalue weighted by atomic mass is 32.2. The molecule has 3 rings (SSSR count). The lowest BCUT2D eigenvalue weighted by Gasteiger charge is -2.19. The van der Waals surface area contributed by atoms with Crippen molar-refractivity contribution in [2.45, 2.75) is 52.6 Å². The van der Waals surface area contributed by atoms with Crippen molar-refractivity contribution in [3.8, 4) is 5.75 Å². The SMILES string of the molecule is COc1cccc(NC(=O)CSc2nc(CC(C)(C)C)nc3c2c(=O)n(C)c(=O)n3CC(C)C)c1. The number of benzene rings is 1. The first-order valence-electron chi connectivity index (χ1n) is 11.5. The zero-order chi connectivity index (χ0) is 25.9. The quantitative estimate of drug-likeness (QED) is 0.373. The van der Waals surface area contributed by atoms with Crippen LogP contribution in [-0.4, -0.2) is 37.9 Å². The van der Waals surface area contributed by atoms with Crippen LogP contribution in [0.15, 0.2) is 38.9 Å². The van der Waals surface area contributed by atoms with Gasteiger partial charge in [-0.15, -0.1) is 0 Å². The van der Waals surface area contributed by atoms with Crippen LogP contribution >= 0.6 is 11.8 Å². The van der Waals surface area contributed by atoms with Crippen molar-refractivity contribution in [3.63, 3.8) is 0 Å². The summed E-state index contributed by atoms with van der Waals surface area (Å²) in [5, 5.41) is 3.49. The topological polar surface area (TPSA) is 108 Å². The van der Waals surface area contributed by atoms with E-state index in [1.807, 2.05) is 13.8 Å². The molecule has 0 radical (unpaired) electrons. The average Bonchev–Trinajstić information content (AvgIpc) is 2.77. The van der Waals surface area contributed by atoms with Gasteiger partial charge in [0, 0.05) is 31.8 Å². The number of anilines is 1. The Kier molecular flexibility index (Phi) is 8.04. The number of hydrogen-bond donors (Lipinski definition) is 1. The number of ether oxygens (including phenoxy) is 1. The Morgan fingerprint density at radius 1 is 1.20 bits per heavy atom. The molecule has 9 nitrogen and oxygen atoms in total. The molecule has 0 aliphatic carbocycles. The predicted octanol–water partition coefficient (Wildman–Crippen LogP) is 3.47. The standard InChI is InChI=1S/C25H33N5O4S/c1-15(2)13-30-21-20(23(32)29(6)24(30)33)22(28-18(27-21)12-25(3,4)5)35-14-19(31)26-16-9-8-10-17(11-16)34-7/h8-11,15H,12-14H2,1-7H3,(H,26,31). The monoisotopic (exact) mass is 499 g/mol. The summed E-state index contributed by atoms with van der Waals surface area (Å²) in [4.78, 5) is 48.1. The minimum Gasteiger partial charge on any atom is -0.497 e. The van der Waals surface area contributed by atoms with Gasteiger partial charge in [-0.3, -0.25) is 18.7 Å². The van der Waals surface area contributed by atoms with Crippen molar-refractivity contribution in [3.05, 3.63) is 50.9 Å². The molecule has 10 heteroatoms. The van der Waals surface area contributed by atoms with Crippen LogP contribution in [0.2, 0.25) is 0 Å². The van der Waals surface area contributed by atoms with Gasteiger partial charge in [0.1, 0.15) is 22.0 Å². The van der Waals surface area contributed by atoms with Crippen molar-refractivity contribution in [2.75, 3.05) is 18.2 Å². The molecule has 35 heavy (non-hydrogen) atoms. The smallest absolute Gasteiger partial charge is 0.332 e. The van der Waals surface area contributed by atoms with Gasteiger partial charge in [-0.25, -0.2) is 14.8 Å². The van der Waals surface area contributed by atoms with E-state index < -0.39 is 11.2 Å². The molecule has 0 atom stereocenters. The van der Waals surface area contributed by atoms with Gasteiger partial charge >= 0.3 is 5.69 Å². The maximum atomic E-state index is 13.2. The maximum absolute atomic E-state index is 13.2. The molecular weight excluding hydrogens is 466 g/mol. The lowest BCUT2D eigenvalue weighted by molar-refractivity contribution is -0.113. The number of amides is 1. The Morgan fingerprint density at radius 2 is 1.91 bits per heavy atom. The van der Waals surface area contributed by atoms with E-state index in [2.05, 4.69) is 36.1 Å². The van der Waals surface area contributed by atoms with Crippen molar-refractivity contribution in [1.29, 1.82) is 0 Å². The Balaban J connectivity index is 2.05. The van der Waals surface area contributed by atoms with E-state index in [9.17, 15) is 14.4 Å². The Bertz CT molecular complexity index is 1350. The molecular formula is C25H33N5O4S. The summed E-state index contributed by atoms with van der Waals surface area (Å²) in [7, 11) is 3.01. The van der Waals surface area contributed by atoms with E-state index in [0.717, 1.165) is 16.3 Å². The number of rotatable bonds is 8. The molecule has 1 amide bonds. The van der Waals surface area contributed by atoms with Crippen LogP contribution < -0.4 is 21.3 Å². The van der Waals surface area contributed by atoms with Gasteiger partial charge in [-0.05, 0) is 23.5 Å². The number of hydrogen-bond acceptors (Lipinski definition) is 7. The summed E-state index contributed by atoms with van der Waals surface area (Å²) in [5.74, 6) is 1.12. The third-order valence-electron chi connectivity index (χ3n) is 5.12. The summed E-state index contributed by atoms with van der Waals surface area (Å²) >= 11 is 1.16. The highest BCUT2D eigenvalue weighted by Crippen LogP contribution is 2.26. The van der Waals surface area contributed by atoms with Crippen LogP contribution in [-0.2, 0) is 24.8 Å². The van der Waals surface area contributed by atoms with E-state index in [-0.39, 0.29) is 28.4 Å². The first-order chi connectivity index (χ1) is 16.4. The van der Waals surface area contributed by atoms with E-state index >= 15 is 0 Å². The van der Waals surface area contributed by atoms with Crippen LogP contribution in [0.5, 0.6) is 5.75 Å². The second-order valence-corrected chi connectivity index (χ2v) is 11.1. The normalized spacial score (nSPS) is 11.8. The van der Waals surface area contributed by atoms with E-state index in [1.165, 1.54) is 11.6 Å². The molecule has 0 bridgehead atoms. The maximum Gasteiger partial charge on any atom is 0.332 e. The zero-order valence-corrected chi connectivity index (χ0v) is 22.2. The molecule has 2 heterocycles. The zero-order valence-electron chi connectivity index (χ0n) is 21.3. The molecule has 0 fully saturated rings. The number of carbonyl (C=O) groups excluding carboxylic acids is 1. The Hall–Kier alpha value is -3.14. The molecule has 2 aromatic heterocycles. The van der Waals surface area contributed by atoms with Crippen LogP contribution in [0.25, 0.3) is 11.0 Å². The van der Waals surface area contributed by atoms with Crippen molar-refractivity contribution < 1.29 is 9.53 Å². The van der Waals surface area contributed by atoms with Crippen LogP contribution in [0.1, 0.15) is 40.4 Å². The van der Waals surface area contributed by atoms with Gasteiger partial charge < -0.3 is 10.1 Å². The lowest BCUT2D eigenvalue weighted by Crippen LogP contribution is -2.40. The summed E-state index contributed by atoms with van der Waals surface area (Å²) in [6, 6.07) is 7.08. The molecule has 0 aliphatic rings. The number of methoxy groups -OCH3 is 1. The lowest BCUT2D eigenvalue weighted by atomic mass is 9.92. The van der Waals surface area contributed by atoms with Gasteiger partial charge in [0.2, 0.25) is 5.91 Å². The predicted molar refractivity (Wildman–Crippen MR) is 139 cm³/mol. The molecule has 0 aliphatic heterocycles. The number of aromatic nitrogens is 4. The molecule has 3 aromatic rings. The highest BCUT2D eigenvalue weighted by Gasteiger charge is 2.22. The van der Waals surface area contributed by atoms with E-state index in [0.29, 0.717) is 40.9 Å². The molecule has 0 saturated carbocycles. The molecule has 1 N–H and O–H groups in total. The van der Waals surface area contributed by atoms with Crippen LogP contribution in [0, 0.1) is 11.3 Å². The fraction of sp³-hybridized carbons (Fsp3) is 0.480. The fourth-order valence-electron chi connectivity index (χ4n) is 3.60. The largest absolute Gasteiger partial charge is 0.497 e. The van der Waals surface area contributed by atoms with Gasteiger partial charge in [0.15, 0.2) is 5.65 Å². The minimum atomic E-state index is -0.469. The van der Waals surface area contributed by atoms with Gasteiger partial charge in [0.05, 0.1) is 12.9 Å². The van der Waals surface area contributed by atoms with Crippen molar-refractivity contribution >= 4 is 34.4 Å². The number of carbonyl (C=O) groups is 1. The second-order valence-electron chi connectivity index (χ2n) is 10.1. The highest BCUT2D eigenvalue weighted by molar-refractivity contribution is 8.00. The summed E-state index contributed by atoms with van der Waals surface area (Å²) in [5.41, 5.74) is -0.0665.